The lowest BCUT2D eigenvalue weighted by atomic mass is 9.96. The van der Waals surface area contributed by atoms with Crippen LogP contribution in [0.15, 0.2) is 24.3 Å². The maximum absolute atomic E-state index is 13.2. The second kappa shape index (κ2) is 9.19. The molecule has 1 fully saturated rings. The van der Waals surface area contributed by atoms with Gasteiger partial charge in [-0.3, -0.25) is 4.79 Å². The molecule has 6 heteroatoms. The molecule has 3 heterocycles. The third-order valence-electron chi connectivity index (χ3n) is 6.62. The number of anilines is 1. The SMILES string of the molecule is CCN(c1ccc(C(=O)N2CCCC(c3nnc4n3CCCCC4)C2)cc1)C(C)C. The quantitative estimate of drug-likeness (QED) is 0.740. The summed E-state index contributed by atoms with van der Waals surface area (Å²) in [5.41, 5.74) is 1.95. The van der Waals surface area contributed by atoms with Crippen molar-refractivity contribution in [3.8, 4) is 0 Å². The van der Waals surface area contributed by atoms with Gasteiger partial charge >= 0.3 is 0 Å². The zero-order valence-electron chi connectivity index (χ0n) is 18.7. The third kappa shape index (κ3) is 4.23. The number of carbonyl (C=O) groups is 1. The number of likely N-dealkylation sites (tertiary alicyclic amines) is 1. The molecule has 1 saturated heterocycles. The molecule has 0 bridgehead atoms. The molecular formula is C24H35N5O. The van der Waals surface area contributed by atoms with Crippen LogP contribution >= 0.6 is 0 Å². The van der Waals surface area contributed by atoms with Gasteiger partial charge in [-0.05, 0) is 70.7 Å². The first-order valence-electron chi connectivity index (χ1n) is 11.7. The Morgan fingerprint density at radius 1 is 1.10 bits per heavy atom. The number of amides is 1. The molecule has 1 aromatic heterocycles. The van der Waals surface area contributed by atoms with E-state index >= 15 is 0 Å². The van der Waals surface area contributed by atoms with E-state index in [4.69, 9.17) is 0 Å². The van der Waals surface area contributed by atoms with Crippen LogP contribution in [-0.2, 0) is 13.0 Å². The van der Waals surface area contributed by atoms with Gasteiger partial charge in [0.25, 0.3) is 5.91 Å². The Morgan fingerprint density at radius 3 is 2.63 bits per heavy atom. The number of carbonyl (C=O) groups excluding carboxylic acids is 1. The van der Waals surface area contributed by atoms with Crippen LogP contribution in [0.4, 0.5) is 5.69 Å². The summed E-state index contributed by atoms with van der Waals surface area (Å²) in [6.45, 7) is 10.1. The summed E-state index contributed by atoms with van der Waals surface area (Å²) in [5, 5.41) is 9.03. The highest BCUT2D eigenvalue weighted by molar-refractivity contribution is 5.94. The van der Waals surface area contributed by atoms with E-state index in [9.17, 15) is 4.79 Å². The third-order valence-corrected chi connectivity index (χ3v) is 6.62. The van der Waals surface area contributed by atoms with Gasteiger partial charge in [-0.15, -0.1) is 10.2 Å². The first-order valence-corrected chi connectivity index (χ1v) is 11.7. The predicted molar refractivity (Wildman–Crippen MR) is 120 cm³/mol. The van der Waals surface area contributed by atoms with Crippen LogP contribution in [0.5, 0.6) is 0 Å². The number of hydrogen-bond donors (Lipinski definition) is 0. The van der Waals surface area contributed by atoms with E-state index in [0.29, 0.717) is 6.04 Å². The topological polar surface area (TPSA) is 54.3 Å². The lowest BCUT2D eigenvalue weighted by Crippen LogP contribution is -2.40. The number of aromatic nitrogens is 3. The molecule has 0 aliphatic carbocycles. The summed E-state index contributed by atoms with van der Waals surface area (Å²) >= 11 is 0. The Bertz CT molecular complexity index is 857. The second-order valence-corrected chi connectivity index (χ2v) is 8.95. The largest absolute Gasteiger partial charge is 0.369 e. The molecule has 2 aliphatic heterocycles. The van der Waals surface area contributed by atoms with E-state index in [0.717, 1.165) is 62.7 Å². The van der Waals surface area contributed by atoms with Crippen molar-refractivity contribution in [1.82, 2.24) is 19.7 Å². The summed E-state index contributed by atoms with van der Waals surface area (Å²) in [6.07, 6.45) is 6.80. The average Bonchev–Trinajstić information content (AvgIpc) is 3.02. The van der Waals surface area contributed by atoms with Crippen molar-refractivity contribution in [2.45, 2.75) is 77.8 Å². The van der Waals surface area contributed by atoms with E-state index in [1.165, 1.54) is 24.9 Å². The van der Waals surface area contributed by atoms with E-state index in [-0.39, 0.29) is 11.8 Å². The summed E-state index contributed by atoms with van der Waals surface area (Å²) in [7, 11) is 0. The number of fused-ring (bicyclic) bond motifs is 1. The normalized spacial score (nSPS) is 19.5. The number of nitrogens with zero attached hydrogens (tertiary/aromatic N) is 5. The van der Waals surface area contributed by atoms with Gasteiger partial charge in [-0.1, -0.05) is 6.42 Å². The molecule has 0 radical (unpaired) electrons. The Morgan fingerprint density at radius 2 is 1.90 bits per heavy atom. The van der Waals surface area contributed by atoms with Gasteiger partial charge in [0.15, 0.2) is 0 Å². The molecule has 0 spiro atoms. The van der Waals surface area contributed by atoms with Gasteiger partial charge in [-0.2, -0.15) is 0 Å². The molecule has 1 amide bonds. The molecule has 1 unspecified atom stereocenters. The Labute approximate surface area is 180 Å². The zero-order valence-corrected chi connectivity index (χ0v) is 18.7. The first-order chi connectivity index (χ1) is 14.6. The summed E-state index contributed by atoms with van der Waals surface area (Å²) in [4.78, 5) is 17.6. The lowest BCUT2D eigenvalue weighted by Gasteiger charge is -2.33. The first kappa shape index (κ1) is 20.9. The van der Waals surface area contributed by atoms with Crippen LogP contribution in [0.1, 0.15) is 80.8 Å². The fourth-order valence-electron chi connectivity index (χ4n) is 5.01. The Balaban J connectivity index is 1.47. The highest BCUT2D eigenvalue weighted by Gasteiger charge is 2.30. The van der Waals surface area contributed by atoms with Crippen LogP contribution in [-0.4, -0.2) is 51.2 Å². The number of aryl methyl sites for hydroxylation is 1. The van der Waals surface area contributed by atoms with E-state index in [2.05, 4.69) is 52.6 Å². The van der Waals surface area contributed by atoms with E-state index in [1.807, 2.05) is 17.0 Å². The Hall–Kier alpha value is -2.37. The van der Waals surface area contributed by atoms with Gasteiger partial charge in [0.1, 0.15) is 11.6 Å². The fourth-order valence-corrected chi connectivity index (χ4v) is 5.01. The average molecular weight is 410 g/mol. The standard InChI is InChI=1S/C24H35N5O/c1-4-28(18(2)3)21-13-11-19(12-14-21)24(30)27-15-8-9-20(17-27)23-26-25-22-10-6-5-7-16-29(22)23/h11-14,18,20H,4-10,15-17H2,1-3H3. The van der Waals surface area contributed by atoms with Crippen LogP contribution in [0, 0.1) is 0 Å². The lowest BCUT2D eigenvalue weighted by molar-refractivity contribution is 0.0703. The molecule has 1 atom stereocenters. The van der Waals surface area contributed by atoms with Crippen molar-refractivity contribution in [3.05, 3.63) is 41.5 Å². The molecule has 162 valence electrons. The van der Waals surface area contributed by atoms with Crippen LogP contribution in [0.25, 0.3) is 0 Å². The molecule has 4 rings (SSSR count). The van der Waals surface area contributed by atoms with E-state index < -0.39 is 0 Å². The molecule has 0 saturated carbocycles. The highest BCUT2D eigenvalue weighted by Crippen LogP contribution is 2.29. The minimum atomic E-state index is 0.134. The zero-order chi connectivity index (χ0) is 21.1. The van der Waals surface area contributed by atoms with Gasteiger partial charge < -0.3 is 14.4 Å². The molecule has 0 N–H and O–H groups in total. The molecule has 1 aromatic carbocycles. The van der Waals surface area contributed by atoms with Crippen molar-refractivity contribution in [1.29, 1.82) is 0 Å². The number of rotatable bonds is 5. The number of piperidine rings is 1. The minimum absolute atomic E-state index is 0.134. The van der Waals surface area contributed by atoms with Gasteiger partial charge in [0.05, 0.1) is 0 Å². The molecule has 2 aliphatic rings. The van der Waals surface area contributed by atoms with Crippen LogP contribution in [0.3, 0.4) is 0 Å². The maximum atomic E-state index is 13.2. The van der Waals surface area contributed by atoms with Gasteiger partial charge in [-0.25, -0.2) is 0 Å². The van der Waals surface area contributed by atoms with Crippen LogP contribution in [0.2, 0.25) is 0 Å². The monoisotopic (exact) mass is 409 g/mol. The highest BCUT2D eigenvalue weighted by atomic mass is 16.2. The summed E-state index contributed by atoms with van der Waals surface area (Å²) < 4.78 is 2.34. The molecule has 6 nitrogen and oxygen atoms in total. The maximum Gasteiger partial charge on any atom is 0.253 e. The minimum Gasteiger partial charge on any atom is -0.369 e. The summed E-state index contributed by atoms with van der Waals surface area (Å²) in [5.74, 6) is 2.65. The summed E-state index contributed by atoms with van der Waals surface area (Å²) in [6, 6.07) is 8.57. The number of benzene rings is 1. The fraction of sp³-hybridized carbons (Fsp3) is 0.625. The van der Waals surface area contributed by atoms with Crippen molar-refractivity contribution < 1.29 is 4.79 Å². The Kier molecular flexibility index (Phi) is 6.40. The van der Waals surface area contributed by atoms with Gasteiger partial charge in [0, 0.05) is 55.8 Å². The second-order valence-electron chi connectivity index (χ2n) is 8.95. The van der Waals surface area contributed by atoms with Crippen molar-refractivity contribution in [2.24, 2.45) is 0 Å². The van der Waals surface area contributed by atoms with Crippen molar-refractivity contribution in [3.63, 3.8) is 0 Å². The molecule has 2 aromatic rings. The number of hydrogen-bond acceptors (Lipinski definition) is 4. The van der Waals surface area contributed by atoms with Crippen molar-refractivity contribution in [2.75, 3.05) is 24.5 Å². The smallest absolute Gasteiger partial charge is 0.253 e. The molecule has 30 heavy (non-hydrogen) atoms. The van der Waals surface area contributed by atoms with Crippen molar-refractivity contribution >= 4 is 11.6 Å². The predicted octanol–water partition coefficient (Wildman–Crippen LogP) is 4.26. The van der Waals surface area contributed by atoms with E-state index in [1.54, 1.807) is 0 Å². The van der Waals surface area contributed by atoms with Gasteiger partial charge in [0.2, 0.25) is 0 Å². The molecular weight excluding hydrogens is 374 g/mol. The van der Waals surface area contributed by atoms with Crippen LogP contribution < -0.4 is 4.90 Å².